The number of amides is 1. The largest absolute Gasteiger partial charge is 0.754 e. The molecule has 9 heteroatoms. The smallest absolute Gasteiger partial charge is 0.233 e. The molecule has 1 unspecified atom stereocenters. The summed E-state index contributed by atoms with van der Waals surface area (Å²) in [6.45, 7) is 0.104. The van der Waals surface area contributed by atoms with Crippen LogP contribution in [0.5, 0.6) is 0 Å². The molecule has 1 amide bonds. The van der Waals surface area contributed by atoms with Gasteiger partial charge in [0.1, 0.15) is 0 Å². The molecule has 1 N–H and O–H groups in total. The Bertz CT molecular complexity index is 756. The minimum absolute atomic E-state index is 0.208. The number of rotatable bonds is 4. The fourth-order valence-corrected chi connectivity index (χ4v) is 3.29. The lowest BCUT2D eigenvalue weighted by atomic mass is 9.98. The van der Waals surface area contributed by atoms with E-state index in [1.54, 1.807) is 24.3 Å². The molecule has 2 aromatic rings. The lowest BCUT2D eigenvalue weighted by Crippen LogP contribution is -2.33. The van der Waals surface area contributed by atoms with E-state index in [9.17, 15) is 18.7 Å². The molecule has 0 aliphatic carbocycles. The Hall–Kier alpha value is -1.74. The van der Waals surface area contributed by atoms with E-state index in [2.05, 4.69) is 5.10 Å². The van der Waals surface area contributed by atoms with Crippen molar-refractivity contribution in [3.8, 4) is 0 Å². The van der Waals surface area contributed by atoms with Gasteiger partial charge in [-0.1, -0.05) is 29.8 Å². The first-order valence-electron chi connectivity index (χ1n) is 6.82. The SMILES string of the molecule is O=C([C@@H](CO)c1ccccc1Cl)N1Cc2cn(S(=O)[O-])nc2C1. The predicted molar refractivity (Wildman–Crippen MR) is 82.1 cm³/mol. The number of aromatic nitrogens is 2. The lowest BCUT2D eigenvalue weighted by molar-refractivity contribution is -0.134. The number of aliphatic hydroxyl groups excluding tert-OH is 1. The van der Waals surface area contributed by atoms with Crippen LogP contribution >= 0.6 is 11.6 Å². The highest BCUT2D eigenvalue weighted by atomic mass is 35.5. The summed E-state index contributed by atoms with van der Waals surface area (Å²) in [6.07, 6.45) is 1.38. The van der Waals surface area contributed by atoms with E-state index in [1.807, 2.05) is 0 Å². The normalized spacial score (nSPS) is 16.2. The van der Waals surface area contributed by atoms with Crippen LogP contribution in [0, 0.1) is 0 Å². The summed E-state index contributed by atoms with van der Waals surface area (Å²) in [5.41, 5.74) is 1.79. The van der Waals surface area contributed by atoms with Crippen molar-refractivity contribution in [1.82, 2.24) is 14.1 Å². The summed E-state index contributed by atoms with van der Waals surface area (Å²) in [6, 6.07) is 6.88. The van der Waals surface area contributed by atoms with Crippen LogP contribution in [0.25, 0.3) is 0 Å². The molecule has 1 aromatic heterocycles. The van der Waals surface area contributed by atoms with Gasteiger partial charge >= 0.3 is 0 Å². The summed E-state index contributed by atoms with van der Waals surface area (Å²) < 4.78 is 22.6. The van der Waals surface area contributed by atoms with Crippen molar-refractivity contribution in [3.63, 3.8) is 0 Å². The fraction of sp³-hybridized carbons (Fsp3) is 0.286. The van der Waals surface area contributed by atoms with Crippen molar-refractivity contribution >= 4 is 28.8 Å². The molecule has 122 valence electrons. The predicted octanol–water partition coefficient (Wildman–Crippen LogP) is 0.797. The molecule has 7 nitrogen and oxygen atoms in total. The average molecular weight is 355 g/mol. The highest BCUT2D eigenvalue weighted by molar-refractivity contribution is 7.77. The second-order valence-electron chi connectivity index (χ2n) is 5.17. The highest BCUT2D eigenvalue weighted by Crippen LogP contribution is 2.29. The number of fused-ring (bicyclic) bond motifs is 1. The zero-order valence-corrected chi connectivity index (χ0v) is 13.5. The summed E-state index contributed by atoms with van der Waals surface area (Å²) in [5.74, 6) is -1.03. The van der Waals surface area contributed by atoms with Crippen molar-refractivity contribution in [3.05, 3.63) is 52.3 Å². The van der Waals surface area contributed by atoms with Crippen molar-refractivity contribution in [2.75, 3.05) is 6.61 Å². The molecule has 0 fully saturated rings. The molecular weight excluding hydrogens is 342 g/mol. The fourth-order valence-electron chi connectivity index (χ4n) is 2.65. The minimum atomic E-state index is -2.46. The van der Waals surface area contributed by atoms with Crippen LogP contribution < -0.4 is 0 Å². The standard InChI is InChI=1S/C14H14ClN3O4S/c15-12-4-2-1-3-10(12)11(8-19)14(20)17-5-9-6-18(23(21)22)16-13(9)7-17/h1-4,6,11,19H,5,7-8H2,(H,21,22)/p-1/t11-/m0/s1. The van der Waals surface area contributed by atoms with Gasteiger partial charge in [-0.05, 0) is 11.6 Å². The monoisotopic (exact) mass is 354 g/mol. The topological polar surface area (TPSA) is 98.5 Å². The molecule has 0 saturated heterocycles. The quantitative estimate of drug-likeness (QED) is 0.819. The van der Waals surface area contributed by atoms with Gasteiger partial charge in [-0.15, -0.1) is 0 Å². The van der Waals surface area contributed by atoms with E-state index in [1.165, 1.54) is 11.1 Å². The van der Waals surface area contributed by atoms with Crippen molar-refractivity contribution in [2.24, 2.45) is 0 Å². The first kappa shape index (κ1) is 16.1. The van der Waals surface area contributed by atoms with Crippen LogP contribution in [0.4, 0.5) is 0 Å². The van der Waals surface area contributed by atoms with Gasteiger partial charge in [0, 0.05) is 23.3 Å². The van der Waals surface area contributed by atoms with E-state index >= 15 is 0 Å². The summed E-state index contributed by atoms with van der Waals surface area (Å²) >= 11 is 3.65. The number of carbonyl (C=O) groups excluding carboxylic acids is 1. The van der Waals surface area contributed by atoms with Gasteiger partial charge in [-0.3, -0.25) is 9.00 Å². The molecule has 3 rings (SSSR count). The number of nitrogens with zero attached hydrogens (tertiary/aromatic N) is 3. The third-order valence-corrected chi connectivity index (χ3v) is 4.62. The maximum absolute atomic E-state index is 12.7. The molecule has 0 saturated carbocycles. The zero-order chi connectivity index (χ0) is 16.6. The Morgan fingerprint density at radius 1 is 1.43 bits per heavy atom. The van der Waals surface area contributed by atoms with Gasteiger partial charge < -0.3 is 14.6 Å². The maximum Gasteiger partial charge on any atom is 0.233 e. The second-order valence-corrected chi connectivity index (χ2v) is 6.39. The van der Waals surface area contributed by atoms with E-state index in [4.69, 9.17) is 11.6 Å². The molecule has 0 radical (unpaired) electrons. The number of hydrogen-bond acceptors (Lipinski definition) is 5. The third-order valence-electron chi connectivity index (χ3n) is 3.78. The molecule has 2 atom stereocenters. The van der Waals surface area contributed by atoms with E-state index in [0.29, 0.717) is 21.8 Å². The van der Waals surface area contributed by atoms with E-state index < -0.39 is 17.2 Å². The minimum Gasteiger partial charge on any atom is -0.754 e. The van der Waals surface area contributed by atoms with Crippen molar-refractivity contribution in [1.29, 1.82) is 0 Å². The summed E-state index contributed by atoms with van der Waals surface area (Å²) in [5, 5.41) is 14.0. The van der Waals surface area contributed by atoms with Crippen LogP contribution in [0.3, 0.4) is 0 Å². The Balaban J connectivity index is 1.80. The molecule has 1 aliphatic heterocycles. The summed E-state index contributed by atoms with van der Waals surface area (Å²) in [4.78, 5) is 14.2. The van der Waals surface area contributed by atoms with Crippen LogP contribution in [-0.2, 0) is 29.2 Å². The summed E-state index contributed by atoms with van der Waals surface area (Å²) in [7, 11) is 0. The average Bonchev–Trinajstić information content (AvgIpc) is 3.08. The Kier molecular flexibility index (Phi) is 4.49. The third kappa shape index (κ3) is 3.02. The van der Waals surface area contributed by atoms with Crippen molar-refractivity contribution in [2.45, 2.75) is 19.0 Å². The number of benzene rings is 1. The molecular formula is C14H13ClN3O4S-. The molecule has 2 heterocycles. The van der Waals surface area contributed by atoms with E-state index in [-0.39, 0.29) is 25.6 Å². The van der Waals surface area contributed by atoms with Crippen LogP contribution in [0.2, 0.25) is 5.02 Å². The Labute approximate surface area is 139 Å². The van der Waals surface area contributed by atoms with Gasteiger partial charge in [0.15, 0.2) is 0 Å². The lowest BCUT2D eigenvalue weighted by Gasteiger charge is -2.23. The van der Waals surface area contributed by atoms with Gasteiger partial charge in [0.05, 0.1) is 36.0 Å². The van der Waals surface area contributed by atoms with Crippen molar-refractivity contribution < 1.29 is 18.7 Å². The number of carbonyl (C=O) groups is 1. The van der Waals surface area contributed by atoms with Crippen LogP contribution in [0.15, 0.2) is 30.5 Å². The first-order chi connectivity index (χ1) is 11.0. The molecule has 0 spiro atoms. The maximum atomic E-state index is 12.7. The number of halogens is 1. The second kappa shape index (κ2) is 6.40. The van der Waals surface area contributed by atoms with Gasteiger partial charge in [-0.2, -0.15) is 9.19 Å². The Morgan fingerprint density at radius 3 is 2.78 bits per heavy atom. The number of hydrogen-bond donors (Lipinski definition) is 1. The highest BCUT2D eigenvalue weighted by Gasteiger charge is 2.32. The molecule has 1 aliphatic rings. The number of aliphatic hydroxyl groups is 1. The molecule has 23 heavy (non-hydrogen) atoms. The first-order valence-corrected chi connectivity index (χ1v) is 8.23. The Morgan fingerprint density at radius 2 is 2.17 bits per heavy atom. The molecule has 1 aromatic carbocycles. The van der Waals surface area contributed by atoms with Gasteiger partial charge in [0.25, 0.3) is 0 Å². The zero-order valence-electron chi connectivity index (χ0n) is 11.9. The van der Waals surface area contributed by atoms with Gasteiger partial charge in [0.2, 0.25) is 5.91 Å². The van der Waals surface area contributed by atoms with Gasteiger partial charge in [-0.25, -0.2) is 0 Å². The molecule has 0 bridgehead atoms. The van der Waals surface area contributed by atoms with Crippen LogP contribution in [0.1, 0.15) is 22.7 Å². The van der Waals surface area contributed by atoms with Crippen LogP contribution in [-0.4, -0.2) is 40.5 Å². The van der Waals surface area contributed by atoms with E-state index in [0.717, 1.165) is 4.09 Å².